The van der Waals surface area contributed by atoms with Crippen molar-refractivity contribution in [3.05, 3.63) is 29.8 Å². The number of hydrogen-bond donors (Lipinski definition) is 1. The fourth-order valence-corrected chi connectivity index (χ4v) is 3.16. The van der Waals surface area contributed by atoms with Gasteiger partial charge in [-0.25, -0.2) is 4.79 Å². The first-order chi connectivity index (χ1) is 10.0. The zero-order valence-corrected chi connectivity index (χ0v) is 12.2. The molecule has 1 saturated heterocycles. The Morgan fingerprint density at radius 2 is 2.24 bits per heavy atom. The van der Waals surface area contributed by atoms with Gasteiger partial charge in [0, 0.05) is 5.75 Å². The SMILES string of the molecule is CC(Oc1ccccc1C#N)C(=O)N1CSCC1C(=O)O. The fraction of sp³-hybridized carbons (Fsp3) is 0.357. The fourth-order valence-electron chi connectivity index (χ4n) is 2.00. The number of aliphatic carboxylic acids is 1. The number of carboxylic acid groups (broad SMARTS) is 1. The van der Waals surface area contributed by atoms with Crippen molar-refractivity contribution in [3.8, 4) is 11.8 Å². The lowest BCUT2D eigenvalue weighted by Crippen LogP contribution is -2.47. The molecule has 1 aromatic carbocycles. The van der Waals surface area contributed by atoms with Crippen molar-refractivity contribution >= 4 is 23.6 Å². The van der Waals surface area contributed by atoms with Crippen molar-refractivity contribution in [2.45, 2.75) is 19.1 Å². The number of nitrogens with zero attached hydrogens (tertiary/aromatic N) is 2. The second kappa shape index (κ2) is 6.50. The summed E-state index contributed by atoms with van der Waals surface area (Å²) < 4.78 is 5.52. The molecule has 1 aromatic rings. The van der Waals surface area contributed by atoms with Crippen LogP contribution in [0.1, 0.15) is 12.5 Å². The number of carboxylic acids is 1. The number of hydrogen-bond acceptors (Lipinski definition) is 5. The Bertz CT molecular complexity index is 599. The highest BCUT2D eigenvalue weighted by Gasteiger charge is 2.37. The molecule has 1 N–H and O–H groups in total. The minimum atomic E-state index is -1.02. The lowest BCUT2D eigenvalue weighted by atomic mass is 10.2. The van der Waals surface area contributed by atoms with Crippen LogP contribution < -0.4 is 4.74 Å². The molecule has 1 amide bonds. The molecule has 2 rings (SSSR count). The molecule has 0 radical (unpaired) electrons. The van der Waals surface area contributed by atoms with Gasteiger partial charge in [0.1, 0.15) is 17.9 Å². The minimum Gasteiger partial charge on any atom is -0.480 e. The van der Waals surface area contributed by atoms with Crippen LogP contribution in [0.15, 0.2) is 24.3 Å². The van der Waals surface area contributed by atoms with E-state index in [0.29, 0.717) is 22.9 Å². The summed E-state index contributed by atoms with van der Waals surface area (Å²) in [4.78, 5) is 24.7. The molecule has 1 heterocycles. The normalized spacial score (nSPS) is 18.9. The Labute approximate surface area is 126 Å². The average Bonchev–Trinajstić information content (AvgIpc) is 2.96. The van der Waals surface area contributed by atoms with Crippen LogP contribution in [-0.2, 0) is 9.59 Å². The molecule has 0 spiro atoms. The van der Waals surface area contributed by atoms with Crippen molar-refractivity contribution in [1.29, 1.82) is 5.26 Å². The summed E-state index contributed by atoms with van der Waals surface area (Å²) in [6.45, 7) is 1.55. The van der Waals surface area contributed by atoms with Gasteiger partial charge in [0.2, 0.25) is 0 Å². The van der Waals surface area contributed by atoms with Gasteiger partial charge in [0.05, 0.1) is 11.4 Å². The largest absolute Gasteiger partial charge is 0.480 e. The van der Waals surface area contributed by atoms with Crippen LogP contribution in [0.4, 0.5) is 0 Å². The third-order valence-electron chi connectivity index (χ3n) is 3.11. The highest BCUT2D eigenvalue weighted by molar-refractivity contribution is 7.99. The van der Waals surface area contributed by atoms with Gasteiger partial charge >= 0.3 is 5.97 Å². The molecule has 7 heteroatoms. The number of para-hydroxylation sites is 1. The molecule has 0 aliphatic carbocycles. The van der Waals surface area contributed by atoms with Crippen molar-refractivity contribution in [1.82, 2.24) is 4.90 Å². The number of nitriles is 1. The van der Waals surface area contributed by atoms with Crippen molar-refractivity contribution < 1.29 is 19.4 Å². The van der Waals surface area contributed by atoms with Crippen LogP contribution in [0.3, 0.4) is 0 Å². The van der Waals surface area contributed by atoms with Gasteiger partial charge in [-0.15, -0.1) is 11.8 Å². The molecule has 6 nitrogen and oxygen atoms in total. The Hall–Kier alpha value is -2.20. The maximum Gasteiger partial charge on any atom is 0.327 e. The van der Waals surface area contributed by atoms with Gasteiger partial charge in [-0.1, -0.05) is 12.1 Å². The number of ether oxygens (including phenoxy) is 1. The van der Waals surface area contributed by atoms with Crippen LogP contribution in [0.5, 0.6) is 5.75 Å². The molecule has 21 heavy (non-hydrogen) atoms. The Morgan fingerprint density at radius 1 is 1.52 bits per heavy atom. The van der Waals surface area contributed by atoms with E-state index in [0.717, 1.165) is 0 Å². The van der Waals surface area contributed by atoms with E-state index in [9.17, 15) is 9.59 Å². The van der Waals surface area contributed by atoms with Gasteiger partial charge in [0.25, 0.3) is 5.91 Å². The molecule has 1 aliphatic heterocycles. The minimum absolute atomic E-state index is 0.319. The van der Waals surface area contributed by atoms with Crippen LogP contribution in [-0.4, -0.2) is 45.7 Å². The maximum absolute atomic E-state index is 12.3. The van der Waals surface area contributed by atoms with Gasteiger partial charge in [0.15, 0.2) is 6.10 Å². The molecule has 0 saturated carbocycles. The van der Waals surface area contributed by atoms with E-state index in [1.807, 2.05) is 6.07 Å². The van der Waals surface area contributed by atoms with Gasteiger partial charge in [-0.3, -0.25) is 4.79 Å². The zero-order valence-electron chi connectivity index (χ0n) is 11.4. The van der Waals surface area contributed by atoms with E-state index in [2.05, 4.69) is 0 Å². The summed E-state index contributed by atoms with van der Waals surface area (Å²) in [7, 11) is 0. The molecule has 2 atom stereocenters. The number of amides is 1. The standard InChI is InChI=1S/C14H14N2O4S/c1-9(20-12-5-3-2-4-10(12)6-15)13(17)16-8-21-7-11(16)14(18)19/h2-5,9,11H,7-8H2,1H3,(H,18,19). The molecule has 110 valence electrons. The van der Waals surface area contributed by atoms with Crippen LogP contribution in [0.25, 0.3) is 0 Å². The van der Waals surface area contributed by atoms with E-state index in [-0.39, 0.29) is 5.91 Å². The van der Waals surface area contributed by atoms with Crippen LogP contribution in [0, 0.1) is 11.3 Å². The van der Waals surface area contributed by atoms with Crippen LogP contribution in [0.2, 0.25) is 0 Å². The number of benzene rings is 1. The second-order valence-electron chi connectivity index (χ2n) is 4.53. The Kier molecular flexibility index (Phi) is 4.70. The summed E-state index contributed by atoms with van der Waals surface area (Å²) in [5.74, 6) is -0.371. The predicted octanol–water partition coefficient (Wildman–Crippen LogP) is 1.31. The van der Waals surface area contributed by atoms with Gasteiger partial charge in [-0.2, -0.15) is 5.26 Å². The molecular weight excluding hydrogens is 292 g/mol. The van der Waals surface area contributed by atoms with E-state index >= 15 is 0 Å². The molecule has 0 bridgehead atoms. The lowest BCUT2D eigenvalue weighted by molar-refractivity contribution is -0.150. The quantitative estimate of drug-likeness (QED) is 0.902. The first kappa shape index (κ1) is 15.2. The molecule has 1 fully saturated rings. The number of rotatable bonds is 4. The maximum atomic E-state index is 12.3. The highest BCUT2D eigenvalue weighted by atomic mass is 32.2. The van der Waals surface area contributed by atoms with E-state index < -0.39 is 18.1 Å². The summed E-state index contributed by atoms with van der Waals surface area (Å²) in [6, 6.07) is 7.78. The first-order valence-electron chi connectivity index (χ1n) is 6.31. The van der Waals surface area contributed by atoms with E-state index in [1.165, 1.54) is 16.7 Å². The van der Waals surface area contributed by atoms with E-state index in [1.54, 1.807) is 31.2 Å². The second-order valence-corrected chi connectivity index (χ2v) is 5.53. The molecular formula is C14H14N2O4S. The van der Waals surface area contributed by atoms with Crippen molar-refractivity contribution in [2.24, 2.45) is 0 Å². The van der Waals surface area contributed by atoms with Crippen LogP contribution >= 0.6 is 11.8 Å². The summed E-state index contributed by atoms with van der Waals surface area (Å²) in [6.07, 6.45) is -0.847. The summed E-state index contributed by atoms with van der Waals surface area (Å²) >= 11 is 1.39. The zero-order chi connectivity index (χ0) is 15.4. The summed E-state index contributed by atoms with van der Waals surface area (Å²) in [5, 5.41) is 18.1. The molecule has 1 aliphatic rings. The first-order valence-corrected chi connectivity index (χ1v) is 7.47. The topological polar surface area (TPSA) is 90.6 Å². The van der Waals surface area contributed by atoms with Crippen molar-refractivity contribution in [3.63, 3.8) is 0 Å². The molecule has 2 unspecified atom stereocenters. The smallest absolute Gasteiger partial charge is 0.327 e. The molecule has 0 aromatic heterocycles. The number of carbonyl (C=O) groups is 2. The average molecular weight is 306 g/mol. The number of thioether (sulfide) groups is 1. The third-order valence-corrected chi connectivity index (χ3v) is 4.12. The summed E-state index contributed by atoms with van der Waals surface area (Å²) in [5.41, 5.74) is 0.336. The van der Waals surface area contributed by atoms with Crippen molar-refractivity contribution in [2.75, 3.05) is 11.6 Å². The number of carbonyl (C=O) groups excluding carboxylic acids is 1. The lowest BCUT2D eigenvalue weighted by Gasteiger charge is -2.24. The Balaban J connectivity index is 2.10. The monoisotopic (exact) mass is 306 g/mol. The Morgan fingerprint density at radius 3 is 2.90 bits per heavy atom. The predicted molar refractivity (Wildman–Crippen MR) is 76.8 cm³/mol. The highest BCUT2D eigenvalue weighted by Crippen LogP contribution is 2.24. The van der Waals surface area contributed by atoms with Gasteiger partial charge < -0.3 is 14.7 Å². The third kappa shape index (κ3) is 3.28. The van der Waals surface area contributed by atoms with Gasteiger partial charge in [-0.05, 0) is 19.1 Å². The van der Waals surface area contributed by atoms with E-state index in [4.69, 9.17) is 15.1 Å².